The van der Waals surface area contributed by atoms with E-state index >= 15 is 0 Å². The maximum Gasteiger partial charge on any atom is 0.387 e. The lowest BCUT2D eigenvalue weighted by atomic mass is 10.2. The minimum absolute atomic E-state index is 0.0591. The van der Waals surface area contributed by atoms with Gasteiger partial charge in [0, 0.05) is 18.3 Å². The summed E-state index contributed by atoms with van der Waals surface area (Å²) < 4.78 is 37.0. The van der Waals surface area contributed by atoms with Crippen LogP contribution in [0.3, 0.4) is 0 Å². The van der Waals surface area contributed by atoms with Gasteiger partial charge in [-0.05, 0) is 37.3 Å². The van der Waals surface area contributed by atoms with Crippen molar-refractivity contribution in [3.8, 4) is 11.5 Å². The number of pyridine rings is 1. The van der Waals surface area contributed by atoms with E-state index in [9.17, 15) is 8.78 Å². The van der Waals surface area contributed by atoms with Crippen LogP contribution in [0.4, 0.5) is 8.78 Å². The van der Waals surface area contributed by atoms with E-state index in [1.807, 2.05) is 35.7 Å². The third-order valence-electron chi connectivity index (χ3n) is 4.03. The van der Waals surface area contributed by atoms with Crippen molar-refractivity contribution >= 4 is 11.6 Å². The van der Waals surface area contributed by atoms with Crippen molar-refractivity contribution in [2.75, 3.05) is 13.7 Å². The molecule has 2 heterocycles. The summed E-state index contributed by atoms with van der Waals surface area (Å²) in [6.45, 7) is 0.148. The van der Waals surface area contributed by atoms with Gasteiger partial charge in [-0.25, -0.2) is 4.99 Å². The molecule has 0 saturated heterocycles. The number of rotatable bonds is 8. The number of nitrogens with zero attached hydrogens (tertiary/aromatic N) is 4. The molecule has 0 aliphatic heterocycles. The van der Waals surface area contributed by atoms with Gasteiger partial charge in [-0.2, -0.15) is 8.78 Å². The normalized spacial score (nSPS) is 11.7. The van der Waals surface area contributed by atoms with Crippen molar-refractivity contribution in [1.29, 1.82) is 0 Å². The SMILES string of the molecule is CCNC(=NCc1cc(OC)ccc1OC(F)F)NCc1nnc2ccccn12. The van der Waals surface area contributed by atoms with Gasteiger partial charge in [0.1, 0.15) is 11.5 Å². The molecule has 0 unspecified atom stereocenters. The first-order valence-corrected chi connectivity index (χ1v) is 9.03. The van der Waals surface area contributed by atoms with Crippen molar-refractivity contribution < 1.29 is 18.3 Å². The second-order valence-corrected chi connectivity index (χ2v) is 5.95. The van der Waals surface area contributed by atoms with Crippen LogP contribution in [-0.2, 0) is 13.1 Å². The molecule has 0 amide bonds. The first-order valence-electron chi connectivity index (χ1n) is 9.03. The molecule has 0 aliphatic carbocycles. The molecule has 1 aromatic carbocycles. The molecule has 0 atom stereocenters. The first-order chi connectivity index (χ1) is 14.1. The number of hydrogen-bond acceptors (Lipinski definition) is 5. The van der Waals surface area contributed by atoms with Gasteiger partial charge >= 0.3 is 6.61 Å². The molecule has 0 aliphatic rings. The van der Waals surface area contributed by atoms with Crippen LogP contribution in [0.15, 0.2) is 47.6 Å². The van der Waals surface area contributed by atoms with E-state index in [0.29, 0.717) is 36.2 Å². The largest absolute Gasteiger partial charge is 0.497 e. The van der Waals surface area contributed by atoms with Crippen LogP contribution in [0.25, 0.3) is 5.65 Å². The van der Waals surface area contributed by atoms with Crippen LogP contribution in [0.1, 0.15) is 18.3 Å². The zero-order valence-electron chi connectivity index (χ0n) is 16.1. The minimum atomic E-state index is -2.92. The lowest BCUT2D eigenvalue weighted by molar-refractivity contribution is -0.0504. The third-order valence-corrected chi connectivity index (χ3v) is 4.03. The van der Waals surface area contributed by atoms with Gasteiger partial charge in [-0.3, -0.25) is 4.40 Å². The fraction of sp³-hybridized carbons (Fsp3) is 0.316. The predicted octanol–water partition coefficient (Wildman–Crippen LogP) is 2.59. The number of aromatic nitrogens is 3. The van der Waals surface area contributed by atoms with Crippen LogP contribution in [-0.4, -0.2) is 40.8 Å². The summed E-state index contributed by atoms with van der Waals surface area (Å²) in [6.07, 6.45) is 1.88. The Hall–Kier alpha value is -3.43. The Kier molecular flexibility index (Phi) is 6.77. The minimum Gasteiger partial charge on any atom is -0.497 e. The predicted molar refractivity (Wildman–Crippen MR) is 104 cm³/mol. The number of alkyl halides is 2. The molecule has 29 heavy (non-hydrogen) atoms. The third kappa shape index (κ3) is 5.31. The number of benzene rings is 1. The molecule has 2 N–H and O–H groups in total. The van der Waals surface area contributed by atoms with Crippen LogP contribution in [0, 0.1) is 0 Å². The maximum atomic E-state index is 12.7. The number of halogens is 2. The number of aliphatic imine (C=N–C) groups is 1. The lowest BCUT2D eigenvalue weighted by Gasteiger charge is -2.13. The first kappa shape index (κ1) is 20.3. The summed E-state index contributed by atoms with van der Waals surface area (Å²) in [7, 11) is 1.50. The highest BCUT2D eigenvalue weighted by Gasteiger charge is 2.12. The quantitative estimate of drug-likeness (QED) is 0.444. The Morgan fingerprint density at radius 1 is 1.21 bits per heavy atom. The molecule has 0 fully saturated rings. The van der Waals surface area contributed by atoms with Crippen LogP contribution in [0.2, 0.25) is 0 Å². The average molecular weight is 404 g/mol. The highest BCUT2D eigenvalue weighted by molar-refractivity contribution is 5.79. The molecule has 3 rings (SSSR count). The highest BCUT2D eigenvalue weighted by Crippen LogP contribution is 2.26. The average Bonchev–Trinajstić information content (AvgIpc) is 3.13. The van der Waals surface area contributed by atoms with Crippen LogP contribution < -0.4 is 20.1 Å². The van der Waals surface area contributed by atoms with Crippen molar-refractivity contribution in [2.24, 2.45) is 4.99 Å². The number of hydrogen-bond donors (Lipinski definition) is 2. The summed E-state index contributed by atoms with van der Waals surface area (Å²) in [5.74, 6) is 1.81. The van der Waals surface area contributed by atoms with E-state index < -0.39 is 6.61 Å². The molecule has 154 valence electrons. The van der Waals surface area contributed by atoms with E-state index in [-0.39, 0.29) is 12.3 Å². The smallest absolute Gasteiger partial charge is 0.387 e. The van der Waals surface area contributed by atoms with Gasteiger partial charge in [0.2, 0.25) is 0 Å². The molecule has 2 aromatic heterocycles. The van der Waals surface area contributed by atoms with Gasteiger partial charge in [0.25, 0.3) is 0 Å². The van der Waals surface area contributed by atoms with Crippen molar-refractivity contribution in [3.63, 3.8) is 0 Å². The van der Waals surface area contributed by atoms with Crippen molar-refractivity contribution in [3.05, 3.63) is 54.0 Å². The van der Waals surface area contributed by atoms with Gasteiger partial charge < -0.3 is 20.1 Å². The zero-order valence-corrected chi connectivity index (χ0v) is 16.1. The number of guanidine groups is 1. The van der Waals surface area contributed by atoms with Crippen molar-refractivity contribution in [1.82, 2.24) is 25.2 Å². The highest BCUT2D eigenvalue weighted by atomic mass is 19.3. The lowest BCUT2D eigenvalue weighted by Crippen LogP contribution is -2.37. The Balaban J connectivity index is 1.75. The molecule has 0 bridgehead atoms. The summed E-state index contributed by atoms with van der Waals surface area (Å²) in [5.41, 5.74) is 1.23. The van der Waals surface area contributed by atoms with E-state index in [1.54, 1.807) is 12.1 Å². The molecule has 3 aromatic rings. The summed E-state index contributed by atoms with van der Waals surface area (Å²) >= 11 is 0. The Morgan fingerprint density at radius 2 is 2.07 bits per heavy atom. The molecular weight excluding hydrogens is 382 g/mol. The Morgan fingerprint density at radius 3 is 2.83 bits per heavy atom. The molecule has 0 saturated carbocycles. The van der Waals surface area contributed by atoms with Gasteiger partial charge in [-0.15, -0.1) is 10.2 Å². The molecule has 10 heteroatoms. The van der Waals surface area contributed by atoms with Crippen LogP contribution in [0.5, 0.6) is 11.5 Å². The van der Waals surface area contributed by atoms with Gasteiger partial charge in [-0.1, -0.05) is 6.07 Å². The van der Waals surface area contributed by atoms with Gasteiger partial charge in [0.15, 0.2) is 17.4 Å². The maximum absolute atomic E-state index is 12.7. The molecule has 0 radical (unpaired) electrons. The van der Waals surface area contributed by atoms with Crippen LogP contribution >= 0.6 is 0 Å². The summed E-state index contributed by atoms with van der Waals surface area (Å²) in [5, 5.41) is 14.6. The number of methoxy groups -OCH3 is 1. The fourth-order valence-electron chi connectivity index (χ4n) is 2.70. The number of ether oxygens (including phenoxy) is 2. The molecule has 0 spiro atoms. The Labute approximate surface area is 166 Å². The summed E-state index contributed by atoms with van der Waals surface area (Å²) in [6, 6.07) is 10.3. The van der Waals surface area contributed by atoms with E-state index in [1.165, 1.54) is 13.2 Å². The number of nitrogens with one attached hydrogen (secondary N) is 2. The summed E-state index contributed by atoms with van der Waals surface area (Å²) in [4.78, 5) is 4.46. The second kappa shape index (κ2) is 9.67. The fourth-order valence-corrected chi connectivity index (χ4v) is 2.70. The standard InChI is InChI=1S/C19H22F2N6O2/c1-3-22-19(24-12-17-26-25-16-6-4-5-9-27(16)17)23-11-13-10-14(28-2)7-8-15(13)29-18(20)21/h4-10,18H,3,11-12H2,1-2H3,(H2,22,23,24). The van der Waals surface area contributed by atoms with Gasteiger partial charge in [0.05, 0.1) is 20.2 Å². The number of fused-ring (bicyclic) bond motifs is 1. The Bertz CT molecular complexity index is 976. The molecule has 8 nitrogen and oxygen atoms in total. The van der Waals surface area contributed by atoms with E-state index in [2.05, 4.69) is 30.6 Å². The zero-order chi connectivity index (χ0) is 20.6. The monoisotopic (exact) mass is 404 g/mol. The van der Waals surface area contributed by atoms with E-state index in [0.717, 1.165) is 5.65 Å². The molecular formula is C19H22F2N6O2. The topological polar surface area (TPSA) is 85.1 Å². The van der Waals surface area contributed by atoms with Crippen molar-refractivity contribution in [2.45, 2.75) is 26.6 Å². The second-order valence-electron chi connectivity index (χ2n) is 5.95. The van der Waals surface area contributed by atoms with E-state index in [4.69, 9.17) is 4.74 Å².